The van der Waals surface area contributed by atoms with Crippen molar-refractivity contribution in [3.8, 4) is 0 Å². The molecule has 0 aromatic rings. The molecule has 0 unspecified atom stereocenters. The highest BCUT2D eigenvalue weighted by Gasteiger charge is 2.20. The summed E-state index contributed by atoms with van der Waals surface area (Å²) in [6, 6.07) is 0.413. The van der Waals surface area contributed by atoms with Gasteiger partial charge in [-0.2, -0.15) is 0 Å². The van der Waals surface area contributed by atoms with E-state index >= 15 is 0 Å². The Bertz CT molecular complexity index is 236. The standard InChI is InChI=1S/C12H23N3O/c13-11-4-9-14(10-5-11)6-2-8-15-7-1-3-12(15)16/h11H,1-10,13H2. The normalized spacial score (nSPS) is 24.3. The number of nitrogens with two attached hydrogens (primary N) is 1. The molecule has 0 saturated carbocycles. The summed E-state index contributed by atoms with van der Waals surface area (Å²) in [4.78, 5) is 15.9. The van der Waals surface area contributed by atoms with E-state index in [0.717, 1.165) is 64.8 Å². The minimum atomic E-state index is 0.348. The SMILES string of the molecule is NC1CCN(CCCN2CCCC2=O)CC1. The summed E-state index contributed by atoms with van der Waals surface area (Å²) in [6.45, 7) is 5.31. The fourth-order valence-corrected chi connectivity index (χ4v) is 2.60. The molecule has 0 atom stereocenters. The van der Waals surface area contributed by atoms with Gasteiger partial charge in [-0.1, -0.05) is 0 Å². The van der Waals surface area contributed by atoms with Gasteiger partial charge < -0.3 is 15.5 Å². The van der Waals surface area contributed by atoms with Crippen LogP contribution in [-0.4, -0.2) is 54.5 Å². The van der Waals surface area contributed by atoms with Gasteiger partial charge in [0.15, 0.2) is 0 Å². The lowest BCUT2D eigenvalue weighted by Gasteiger charge is -2.30. The van der Waals surface area contributed by atoms with Gasteiger partial charge in [-0.15, -0.1) is 0 Å². The highest BCUT2D eigenvalue weighted by Crippen LogP contribution is 2.11. The molecule has 0 spiro atoms. The molecule has 4 nitrogen and oxygen atoms in total. The summed E-state index contributed by atoms with van der Waals surface area (Å²) in [5, 5.41) is 0. The first-order chi connectivity index (χ1) is 7.75. The Morgan fingerprint density at radius 1 is 1.19 bits per heavy atom. The molecular weight excluding hydrogens is 202 g/mol. The molecule has 1 amide bonds. The van der Waals surface area contributed by atoms with Crippen LogP contribution in [-0.2, 0) is 4.79 Å². The van der Waals surface area contributed by atoms with Crippen molar-refractivity contribution in [3.05, 3.63) is 0 Å². The zero-order valence-corrected chi connectivity index (χ0v) is 10.0. The van der Waals surface area contributed by atoms with Gasteiger partial charge in [0, 0.05) is 25.6 Å². The molecule has 2 N–H and O–H groups in total. The summed E-state index contributed by atoms with van der Waals surface area (Å²) in [5.41, 5.74) is 5.86. The third kappa shape index (κ3) is 3.19. The first-order valence-corrected chi connectivity index (χ1v) is 6.51. The van der Waals surface area contributed by atoms with Gasteiger partial charge in [-0.25, -0.2) is 0 Å². The van der Waals surface area contributed by atoms with Crippen LogP contribution in [0.4, 0.5) is 0 Å². The van der Waals surface area contributed by atoms with Crippen molar-refractivity contribution in [2.24, 2.45) is 5.73 Å². The lowest BCUT2D eigenvalue weighted by Crippen LogP contribution is -2.40. The Morgan fingerprint density at radius 2 is 1.94 bits per heavy atom. The molecular formula is C12H23N3O. The highest BCUT2D eigenvalue weighted by atomic mass is 16.2. The second-order valence-corrected chi connectivity index (χ2v) is 5.02. The third-order valence-electron chi connectivity index (χ3n) is 3.71. The summed E-state index contributed by atoms with van der Waals surface area (Å²) in [6.07, 6.45) is 5.18. The number of carbonyl (C=O) groups is 1. The molecule has 2 fully saturated rings. The molecule has 4 heteroatoms. The average Bonchev–Trinajstić information content (AvgIpc) is 2.68. The first kappa shape index (κ1) is 11.9. The number of nitrogens with zero attached hydrogens (tertiary/aromatic N) is 2. The Kier molecular flexibility index (Phi) is 4.18. The van der Waals surface area contributed by atoms with Crippen LogP contribution < -0.4 is 5.73 Å². The van der Waals surface area contributed by atoms with E-state index in [-0.39, 0.29) is 0 Å². The van der Waals surface area contributed by atoms with Crippen LogP contribution >= 0.6 is 0 Å². The predicted octanol–water partition coefficient (Wildman–Crippen LogP) is 0.422. The summed E-state index contributed by atoms with van der Waals surface area (Å²) in [7, 11) is 0. The van der Waals surface area contributed by atoms with Crippen molar-refractivity contribution in [1.82, 2.24) is 9.80 Å². The second-order valence-electron chi connectivity index (χ2n) is 5.02. The van der Waals surface area contributed by atoms with Crippen LogP contribution in [0.1, 0.15) is 32.1 Å². The molecule has 0 bridgehead atoms. The van der Waals surface area contributed by atoms with E-state index in [1.165, 1.54) is 0 Å². The van der Waals surface area contributed by atoms with Crippen molar-refractivity contribution in [3.63, 3.8) is 0 Å². The number of piperidine rings is 1. The number of likely N-dealkylation sites (tertiary alicyclic amines) is 2. The van der Waals surface area contributed by atoms with E-state index in [4.69, 9.17) is 5.73 Å². The lowest BCUT2D eigenvalue weighted by atomic mass is 10.1. The quantitative estimate of drug-likeness (QED) is 0.754. The maximum atomic E-state index is 11.4. The Hall–Kier alpha value is -0.610. The lowest BCUT2D eigenvalue weighted by molar-refractivity contribution is -0.127. The third-order valence-corrected chi connectivity index (χ3v) is 3.71. The van der Waals surface area contributed by atoms with Crippen LogP contribution in [0.5, 0.6) is 0 Å². The summed E-state index contributed by atoms with van der Waals surface area (Å²) in [5.74, 6) is 0.348. The zero-order chi connectivity index (χ0) is 11.4. The number of amides is 1. The molecule has 0 aromatic carbocycles. The van der Waals surface area contributed by atoms with Crippen molar-refractivity contribution >= 4 is 5.91 Å². The topological polar surface area (TPSA) is 49.6 Å². The largest absolute Gasteiger partial charge is 0.343 e. The molecule has 0 radical (unpaired) electrons. The smallest absolute Gasteiger partial charge is 0.222 e. The van der Waals surface area contributed by atoms with Crippen LogP contribution in [0.3, 0.4) is 0 Å². The molecule has 2 aliphatic heterocycles. The number of rotatable bonds is 4. The molecule has 0 aliphatic carbocycles. The van der Waals surface area contributed by atoms with Crippen LogP contribution in [0, 0.1) is 0 Å². The molecule has 16 heavy (non-hydrogen) atoms. The van der Waals surface area contributed by atoms with Crippen molar-refractivity contribution in [1.29, 1.82) is 0 Å². The maximum absolute atomic E-state index is 11.4. The van der Waals surface area contributed by atoms with E-state index in [0.29, 0.717) is 11.9 Å². The minimum absolute atomic E-state index is 0.348. The number of hydrogen-bond donors (Lipinski definition) is 1. The fraction of sp³-hybridized carbons (Fsp3) is 0.917. The predicted molar refractivity (Wildman–Crippen MR) is 64.1 cm³/mol. The highest BCUT2D eigenvalue weighted by molar-refractivity contribution is 5.77. The molecule has 2 saturated heterocycles. The van der Waals surface area contributed by atoms with Crippen molar-refractivity contribution < 1.29 is 4.79 Å². The Balaban J connectivity index is 1.59. The Labute approximate surface area is 97.8 Å². The van der Waals surface area contributed by atoms with Gasteiger partial charge in [0.05, 0.1) is 0 Å². The van der Waals surface area contributed by atoms with E-state index < -0.39 is 0 Å². The van der Waals surface area contributed by atoms with Gasteiger partial charge >= 0.3 is 0 Å². The van der Waals surface area contributed by atoms with E-state index in [1.54, 1.807) is 0 Å². The first-order valence-electron chi connectivity index (χ1n) is 6.51. The zero-order valence-electron chi connectivity index (χ0n) is 10.0. The fourth-order valence-electron chi connectivity index (χ4n) is 2.60. The molecule has 2 heterocycles. The van der Waals surface area contributed by atoms with Gasteiger partial charge in [-0.05, 0) is 45.3 Å². The van der Waals surface area contributed by atoms with E-state index in [2.05, 4.69) is 4.90 Å². The summed E-state index contributed by atoms with van der Waals surface area (Å²) < 4.78 is 0. The van der Waals surface area contributed by atoms with E-state index in [9.17, 15) is 4.79 Å². The number of hydrogen-bond acceptors (Lipinski definition) is 3. The monoisotopic (exact) mass is 225 g/mol. The molecule has 2 rings (SSSR count). The van der Waals surface area contributed by atoms with Gasteiger partial charge in [0.25, 0.3) is 0 Å². The maximum Gasteiger partial charge on any atom is 0.222 e. The van der Waals surface area contributed by atoms with Gasteiger partial charge in [0.2, 0.25) is 5.91 Å². The van der Waals surface area contributed by atoms with E-state index in [1.807, 2.05) is 4.90 Å². The van der Waals surface area contributed by atoms with Crippen LogP contribution in [0.25, 0.3) is 0 Å². The van der Waals surface area contributed by atoms with Gasteiger partial charge in [-0.3, -0.25) is 4.79 Å². The van der Waals surface area contributed by atoms with Crippen molar-refractivity contribution in [2.75, 3.05) is 32.7 Å². The average molecular weight is 225 g/mol. The summed E-state index contributed by atoms with van der Waals surface area (Å²) >= 11 is 0. The van der Waals surface area contributed by atoms with Crippen LogP contribution in [0.15, 0.2) is 0 Å². The van der Waals surface area contributed by atoms with Crippen molar-refractivity contribution in [2.45, 2.75) is 38.1 Å². The molecule has 0 aromatic heterocycles. The van der Waals surface area contributed by atoms with Crippen LogP contribution in [0.2, 0.25) is 0 Å². The number of carbonyl (C=O) groups excluding carboxylic acids is 1. The second kappa shape index (κ2) is 5.64. The molecule has 92 valence electrons. The Morgan fingerprint density at radius 3 is 2.56 bits per heavy atom. The minimum Gasteiger partial charge on any atom is -0.343 e. The van der Waals surface area contributed by atoms with Gasteiger partial charge in [0.1, 0.15) is 0 Å². The molecule has 2 aliphatic rings.